The average molecular weight is 380 g/mol. The largest absolute Gasteiger partial charge is 0.496 e. The number of ether oxygens (including phenoxy) is 1. The molecule has 4 saturated carbocycles. The van der Waals surface area contributed by atoms with Crippen LogP contribution in [-0.2, 0) is 16.8 Å². The number of carbonyl (C=O) groups excluding carboxylic acids is 1. The fourth-order valence-electron chi connectivity index (χ4n) is 5.83. The lowest BCUT2D eigenvalue weighted by atomic mass is 9.58. The molecule has 1 amide bonds. The fraction of sp³-hybridized carbons (Fsp3) is 0.565. The molecule has 5 nitrogen and oxygen atoms in total. The van der Waals surface area contributed by atoms with Gasteiger partial charge >= 0.3 is 0 Å². The Morgan fingerprint density at radius 3 is 2.89 bits per heavy atom. The molecule has 0 saturated heterocycles. The zero-order chi connectivity index (χ0) is 19.3. The van der Waals surface area contributed by atoms with Crippen molar-refractivity contribution >= 4 is 5.91 Å². The molecule has 28 heavy (non-hydrogen) atoms. The summed E-state index contributed by atoms with van der Waals surface area (Å²) in [4.78, 5) is 13.2. The first-order chi connectivity index (χ1) is 13.6. The molecule has 3 atom stereocenters. The van der Waals surface area contributed by atoms with Crippen LogP contribution in [0.1, 0.15) is 61.4 Å². The van der Waals surface area contributed by atoms with E-state index in [4.69, 9.17) is 4.74 Å². The summed E-state index contributed by atoms with van der Waals surface area (Å²) in [6.07, 6.45) is 9.09. The molecule has 4 aliphatic carbocycles. The molecule has 0 aliphatic heterocycles. The lowest BCUT2D eigenvalue weighted by molar-refractivity contribution is -0.133. The van der Waals surface area contributed by atoms with E-state index in [0.29, 0.717) is 18.5 Å². The average Bonchev–Trinajstić information content (AvgIpc) is 3.34. The van der Waals surface area contributed by atoms with Crippen molar-refractivity contribution < 1.29 is 9.53 Å². The Balaban J connectivity index is 1.34. The van der Waals surface area contributed by atoms with E-state index >= 15 is 0 Å². The van der Waals surface area contributed by atoms with Gasteiger partial charge in [-0.3, -0.25) is 9.48 Å². The van der Waals surface area contributed by atoms with E-state index in [2.05, 4.69) is 27.2 Å². The van der Waals surface area contributed by atoms with Crippen LogP contribution >= 0.6 is 0 Å². The zero-order valence-electron chi connectivity index (χ0n) is 16.8. The molecule has 0 radical (unpaired) electrons. The highest BCUT2D eigenvalue weighted by Crippen LogP contribution is 2.64. The number of methoxy groups -OCH3 is 1. The minimum atomic E-state index is 0.00423. The third kappa shape index (κ3) is 2.51. The predicted octanol–water partition coefficient (Wildman–Crippen LogP) is 3.91. The molecule has 1 N–H and O–H groups in total. The fourth-order valence-corrected chi connectivity index (χ4v) is 5.83. The summed E-state index contributed by atoms with van der Waals surface area (Å²) in [7, 11) is 1.69. The normalized spacial score (nSPS) is 28.5. The van der Waals surface area contributed by atoms with Gasteiger partial charge in [-0.25, -0.2) is 0 Å². The van der Waals surface area contributed by atoms with Crippen molar-refractivity contribution in [2.24, 2.45) is 11.8 Å². The minimum absolute atomic E-state index is 0.00423. The van der Waals surface area contributed by atoms with Gasteiger partial charge in [0.2, 0.25) is 5.91 Å². The van der Waals surface area contributed by atoms with Crippen LogP contribution < -0.4 is 10.1 Å². The predicted molar refractivity (Wildman–Crippen MR) is 107 cm³/mol. The molecule has 6 rings (SSSR count). The number of benzene rings is 1. The maximum Gasteiger partial charge on any atom is 0.224 e. The molecule has 0 spiro atoms. The second kappa shape index (κ2) is 6.64. The summed E-state index contributed by atoms with van der Waals surface area (Å²) >= 11 is 0. The number of rotatable bonds is 6. The number of nitrogens with one attached hydrogen (secondary N) is 1. The van der Waals surface area contributed by atoms with Gasteiger partial charge in [0.15, 0.2) is 0 Å². The Morgan fingerprint density at radius 2 is 2.18 bits per heavy atom. The first-order valence-corrected chi connectivity index (χ1v) is 10.6. The van der Waals surface area contributed by atoms with Crippen molar-refractivity contribution in [1.82, 2.24) is 15.1 Å². The Bertz CT molecular complexity index is 897. The molecule has 4 fully saturated rings. The van der Waals surface area contributed by atoms with Gasteiger partial charge in [-0.05, 0) is 74.6 Å². The van der Waals surface area contributed by atoms with E-state index in [9.17, 15) is 4.79 Å². The lowest BCUT2D eigenvalue weighted by Crippen LogP contribution is -2.53. The molecule has 148 valence electrons. The second-order valence-electron chi connectivity index (χ2n) is 8.84. The van der Waals surface area contributed by atoms with Crippen molar-refractivity contribution in [1.29, 1.82) is 0 Å². The van der Waals surface area contributed by atoms with Crippen LogP contribution in [0, 0.1) is 18.8 Å². The van der Waals surface area contributed by atoms with Crippen LogP contribution in [0.4, 0.5) is 0 Å². The van der Waals surface area contributed by atoms with Crippen molar-refractivity contribution in [2.75, 3.05) is 7.11 Å². The summed E-state index contributed by atoms with van der Waals surface area (Å²) in [6.45, 7) is 2.61. The number of fused-ring (bicyclic) bond motifs is 1. The number of hydrogen-bond donors (Lipinski definition) is 1. The SMILES string of the molecule is COc1cccc(CNC(=O)C2C3CCC2(c2ccnn2C2CCC2)C3)c1C. The van der Waals surface area contributed by atoms with Gasteiger partial charge in [0.1, 0.15) is 5.75 Å². The van der Waals surface area contributed by atoms with Gasteiger partial charge in [0.05, 0.1) is 19.1 Å². The first kappa shape index (κ1) is 17.8. The van der Waals surface area contributed by atoms with Gasteiger partial charge in [-0.15, -0.1) is 0 Å². The van der Waals surface area contributed by atoms with Crippen LogP contribution in [0.3, 0.4) is 0 Å². The summed E-state index contributed by atoms with van der Waals surface area (Å²) < 4.78 is 7.66. The molecule has 1 heterocycles. The summed E-state index contributed by atoms with van der Waals surface area (Å²) in [6, 6.07) is 8.73. The van der Waals surface area contributed by atoms with E-state index in [1.165, 1.54) is 25.0 Å². The summed E-state index contributed by atoms with van der Waals surface area (Å²) in [5.74, 6) is 1.69. The molecule has 2 bridgehead atoms. The first-order valence-electron chi connectivity index (χ1n) is 10.6. The maximum absolute atomic E-state index is 13.2. The molecule has 1 aromatic heterocycles. The topological polar surface area (TPSA) is 56.1 Å². The van der Waals surface area contributed by atoms with Crippen LogP contribution in [0.25, 0.3) is 0 Å². The highest BCUT2D eigenvalue weighted by Gasteiger charge is 2.64. The Morgan fingerprint density at radius 1 is 1.32 bits per heavy atom. The van der Waals surface area contributed by atoms with E-state index in [1.807, 2.05) is 25.3 Å². The quantitative estimate of drug-likeness (QED) is 0.828. The molecule has 5 heteroatoms. The van der Waals surface area contributed by atoms with Gasteiger partial charge in [-0.1, -0.05) is 12.1 Å². The Hall–Kier alpha value is -2.30. The zero-order valence-corrected chi connectivity index (χ0v) is 16.8. The van der Waals surface area contributed by atoms with E-state index in [0.717, 1.165) is 36.1 Å². The maximum atomic E-state index is 13.2. The Labute approximate surface area is 166 Å². The second-order valence-corrected chi connectivity index (χ2v) is 8.84. The Kier molecular flexibility index (Phi) is 4.22. The number of hydrogen-bond acceptors (Lipinski definition) is 3. The van der Waals surface area contributed by atoms with Crippen molar-refractivity contribution in [2.45, 2.75) is 63.5 Å². The van der Waals surface area contributed by atoms with Gasteiger partial charge in [0, 0.05) is 23.9 Å². The number of nitrogens with zero attached hydrogens (tertiary/aromatic N) is 2. The van der Waals surface area contributed by atoms with Gasteiger partial charge in [0.25, 0.3) is 0 Å². The van der Waals surface area contributed by atoms with Crippen LogP contribution in [0.2, 0.25) is 0 Å². The van der Waals surface area contributed by atoms with Gasteiger partial charge in [-0.2, -0.15) is 5.10 Å². The summed E-state index contributed by atoms with van der Waals surface area (Å²) in [5, 5.41) is 7.87. The monoisotopic (exact) mass is 379 g/mol. The van der Waals surface area contributed by atoms with E-state index < -0.39 is 0 Å². The highest BCUT2D eigenvalue weighted by molar-refractivity contribution is 5.83. The molecule has 3 unspecified atom stereocenters. The smallest absolute Gasteiger partial charge is 0.224 e. The molecular weight excluding hydrogens is 350 g/mol. The third-order valence-corrected chi connectivity index (χ3v) is 7.61. The number of amides is 1. The lowest BCUT2D eigenvalue weighted by Gasteiger charge is -2.47. The number of carbonyl (C=O) groups is 1. The summed E-state index contributed by atoms with van der Waals surface area (Å²) in [5.41, 5.74) is 3.53. The van der Waals surface area contributed by atoms with Crippen molar-refractivity contribution in [3.05, 3.63) is 47.3 Å². The van der Waals surface area contributed by atoms with E-state index in [-0.39, 0.29) is 17.2 Å². The van der Waals surface area contributed by atoms with Crippen LogP contribution in [0.15, 0.2) is 30.5 Å². The molecule has 4 aliphatic rings. The minimum Gasteiger partial charge on any atom is -0.496 e. The van der Waals surface area contributed by atoms with Gasteiger partial charge < -0.3 is 10.1 Å². The van der Waals surface area contributed by atoms with E-state index in [1.54, 1.807) is 7.11 Å². The van der Waals surface area contributed by atoms with Crippen molar-refractivity contribution in [3.63, 3.8) is 0 Å². The third-order valence-electron chi connectivity index (χ3n) is 7.61. The van der Waals surface area contributed by atoms with Crippen LogP contribution in [-0.4, -0.2) is 22.8 Å². The molecule has 2 aromatic rings. The van der Waals surface area contributed by atoms with Crippen LogP contribution in [0.5, 0.6) is 5.75 Å². The molecular formula is C23H29N3O2. The standard InChI is InChI=1S/C23H29N3O2/c1-15-17(5-3-8-19(15)28-2)14-24-22(27)21-16-9-11-23(21,13-16)20-10-12-25-26(20)18-6-4-7-18/h3,5,8,10,12,16,18,21H,4,6-7,9,11,13-14H2,1-2H3,(H,24,27). The molecule has 1 aromatic carbocycles. The number of aromatic nitrogens is 2. The van der Waals surface area contributed by atoms with Crippen molar-refractivity contribution in [3.8, 4) is 5.75 Å². The highest BCUT2D eigenvalue weighted by atomic mass is 16.5.